The van der Waals surface area contributed by atoms with E-state index < -0.39 is 42.0 Å². The number of nitrogens with zero attached hydrogens (tertiary/aromatic N) is 1. The molecule has 3 amide bonds. The summed E-state index contributed by atoms with van der Waals surface area (Å²) in [4.78, 5) is 51.2. The van der Waals surface area contributed by atoms with Crippen molar-refractivity contribution in [3.05, 3.63) is 35.9 Å². The van der Waals surface area contributed by atoms with Gasteiger partial charge in [-0.2, -0.15) is 0 Å². The predicted octanol–water partition coefficient (Wildman–Crippen LogP) is 0.668. The summed E-state index contributed by atoms with van der Waals surface area (Å²) >= 11 is 0. The van der Waals surface area contributed by atoms with Gasteiger partial charge in [-0.25, -0.2) is 0 Å². The lowest BCUT2D eigenvalue weighted by atomic mass is 9.97. The molecule has 9 nitrogen and oxygen atoms in total. The fourth-order valence-electron chi connectivity index (χ4n) is 3.79. The molecule has 1 aromatic rings. The number of carboxylic acid groups (broad SMARTS) is 1. The SMILES string of the molecule is CCC(C)C(NC(=O)C1CCCN1C(=O)C(N)Cc1ccccc1)C(=O)NC(C)C(=O)O. The van der Waals surface area contributed by atoms with Gasteiger partial charge in [0.2, 0.25) is 17.7 Å². The molecule has 1 aliphatic rings. The van der Waals surface area contributed by atoms with Crippen LogP contribution in [0.2, 0.25) is 0 Å². The van der Waals surface area contributed by atoms with Gasteiger partial charge in [0.05, 0.1) is 6.04 Å². The summed E-state index contributed by atoms with van der Waals surface area (Å²) < 4.78 is 0. The molecule has 0 radical (unpaired) electrons. The van der Waals surface area contributed by atoms with Crippen molar-refractivity contribution in [3.63, 3.8) is 0 Å². The lowest BCUT2D eigenvalue weighted by molar-refractivity contribution is -0.143. The Kier molecular flexibility index (Phi) is 9.19. The minimum absolute atomic E-state index is 0.217. The molecule has 9 heteroatoms. The van der Waals surface area contributed by atoms with Gasteiger partial charge < -0.3 is 26.4 Å². The zero-order chi connectivity index (χ0) is 23.8. The van der Waals surface area contributed by atoms with Crippen LogP contribution in [0.1, 0.15) is 45.6 Å². The Hall–Kier alpha value is -2.94. The van der Waals surface area contributed by atoms with Gasteiger partial charge >= 0.3 is 5.97 Å². The number of carbonyl (C=O) groups excluding carboxylic acids is 3. The summed E-state index contributed by atoms with van der Waals surface area (Å²) in [6.07, 6.45) is 2.12. The van der Waals surface area contributed by atoms with Gasteiger partial charge in [0.15, 0.2) is 0 Å². The fourth-order valence-corrected chi connectivity index (χ4v) is 3.79. The molecular formula is C23H34N4O5. The fraction of sp³-hybridized carbons (Fsp3) is 0.565. The van der Waals surface area contributed by atoms with Crippen LogP contribution in [-0.4, -0.2) is 64.4 Å². The van der Waals surface area contributed by atoms with Crippen LogP contribution in [0.4, 0.5) is 0 Å². The number of carbonyl (C=O) groups is 4. The highest BCUT2D eigenvalue weighted by Crippen LogP contribution is 2.20. The maximum Gasteiger partial charge on any atom is 0.325 e. The maximum absolute atomic E-state index is 13.1. The number of nitrogens with two attached hydrogens (primary N) is 1. The third-order valence-corrected chi connectivity index (χ3v) is 5.98. The second-order valence-electron chi connectivity index (χ2n) is 8.43. The molecule has 5 unspecified atom stereocenters. The van der Waals surface area contributed by atoms with E-state index in [1.54, 1.807) is 0 Å². The first-order chi connectivity index (χ1) is 15.1. The zero-order valence-corrected chi connectivity index (χ0v) is 18.9. The van der Waals surface area contributed by atoms with E-state index in [9.17, 15) is 19.2 Å². The largest absolute Gasteiger partial charge is 0.480 e. The smallest absolute Gasteiger partial charge is 0.325 e. The molecule has 0 bridgehead atoms. The molecular weight excluding hydrogens is 412 g/mol. The van der Waals surface area contributed by atoms with Crippen molar-refractivity contribution >= 4 is 23.7 Å². The molecule has 5 N–H and O–H groups in total. The lowest BCUT2D eigenvalue weighted by Gasteiger charge is -2.30. The van der Waals surface area contributed by atoms with Crippen LogP contribution < -0.4 is 16.4 Å². The van der Waals surface area contributed by atoms with Gasteiger partial charge in [0, 0.05) is 6.54 Å². The molecule has 32 heavy (non-hydrogen) atoms. The summed E-state index contributed by atoms with van der Waals surface area (Å²) in [7, 11) is 0. The van der Waals surface area contributed by atoms with Crippen molar-refractivity contribution in [1.29, 1.82) is 0 Å². The summed E-state index contributed by atoms with van der Waals surface area (Å²) in [5.41, 5.74) is 7.09. The number of rotatable bonds is 10. The first-order valence-electron chi connectivity index (χ1n) is 11.1. The average Bonchev–Trinajstić information content (AvgIpc) is 3.26. The number of carboxylic acids is 1. The van der Waals surface area contributed by atoms with Crippen LogP contribution in [0, 0.1) is 5.92 Å². The van der Waals surface area contributed by atoms with Gasteiger partial charge in [0.25, 0.3) is 0 Å². The molecule has 1 aliphatic heterocycles. The third-order valence-electron chi connectivity index (χ3n) is 5.98. The minimum Gasteiger partial charge on any atom is -0.480 e. The Labute approximate surface area is 188 Å². The molecule has 1 saturated heterocycles. The molecule has 0 aliphatic carbocycles. The Morgan fingerprint density at radius 2 is 1.81 bits per heavy atom. The summed E-state index contributed by atoms with van der Waals surface area (Å²) in [6, 6.07) is 5.99. The van der Waals surface area contributed by atoms with Crippen LogP contribution in [-0.2, 0) is 25.6 Å². The normalized spacial score (nSPS) is 19.5. The highest BCUT2D eigenvalue weighted by Gasteiger charge is 2.38. The van der Waals surface area contributed by atoms with Crippen LogP contribution in [0.3, 0.4) is 0 Å². The number of aliphatic carboxylic acids is 1. The number of hydrogen-bond donors (Lipinski definition) is 4. The van der Waals surface area contributed by atoms with Crippen molar-refractivity contribution in [3.8, 4) is 0 Å². The summed E-state index contributed by atoms with van der Waals surface area (Å²) in [6.45, 7) is 5.48. The maximum atomic E-state index is 13.1. The molecule has 1 aromatic carbocycles. The Morgan fingerprint density at radius 1 is 1.16 bits per heavy atom. The molecule has 0 spiro atoms. The van der Waals surface area contributed by atoms with E-state index in [2.05, 4.69) is 10.6 Å². The van der Waals surface area contributed by atoms with E-state index in [1.165, 1.54) is 11.8 Å². The van der Waals surface area contributed by atoms with Crippen molar-refractivity contribution in [2.45, 2.75) is 70.6 Å². The predicted molar refractivity (Wildman–Crippen MR) is 119 cm³/mol. The van der Waals surface area contributed by atoms with Crippen molar-refractivity contribution in [2.24, 2.45) is 11.7 Å². The van der Waals surface area contributed by atoms with Crippen LogP contribution >= 0.6 is 0 Å². The van der Waals surface area contributed by atoms with Gasteiger partial charge in [-0.05, 0) is 37.7 Å². The van der Waals surface area contributed by atoms with Crippen LogP contribution in [0.5, 0.6) is 0 Å². The van der Waals surface area contributed by atoms with Crippen LogP contribution in [0.15, 0.2) is 30.3 Å². The van der Waals surface area contributed by atoms with Crippen LogP contribution in [0.25, 0.3) is 0 Å². The molecule has 5 atom stereocenters. The Bertz CT molecular complexity index is 816. The zero-order valence-electron chi connectivity index (χ0n) is 18.9. The summed E-state index contributed by atoms with van der Waals surface area (Å²) in [5.74, 6) is -2.65. The van der Waals surface area contributed by atoms with E-state index in [-0.39, 0.29) is 11.8 Å². The van der Waals surface area contributed by atoms with Gasteiger partial charge in [-0.1, -0.05) is 50.6 Å². The van der Waals surface area contributed by atoms with Crippen molar-refractivity contribution < 1.29 is 24.3 Å². The monoisotopic (exact) mass is 446 g/mol. The van der Waals surface area contributed by atoms with Crippen molar-refractivity contribution in [1.82, 2.24) is 15.5 Å². The van der Waals surface area contributed by atoms with Crippen molar-refractivity contribution in [2.75, 3.05) is 6.54 Å². The molecule has 2 rings (SSSR count). The Balaban J connectivity index is 2.07. The summed E-state index contributed by atoms with van der Waals surface area (Å²) in [5, 5.41) is 14.2. The van der Waals surface area contributed by atoms with E-state index >= 15 is 0 Å². The quantitative estimate of drug-likeness (QED) is 0.416. The highest BCUT2D eigenvalue weighted by atomic mass is 16.4. The third kappa shape index (κ3) is 6.53. The number of likely N-dealkylation sites (tertiary alicyclic amines) is 1. The lowest BCUT2D eigenvalue weighted by Crippen LogP contribution is -2.58. The standard InChI is InChI=1S/C23H34N4O5/c1-4-14(2)19(21(29)25-15(3)23(31)32)26-20(28)18-11-8-12-27(18)22(30)17(24)13-16-9-6-5-7-10-16/h5-7,9-10,14-15,17-19H,4,8,11-13,24H2,1-3H3,(H,25,29)(H,26,28)(H,31,32). The molecule has 0 saturated carbocycles. The first-order valence-corrected chi connectivity index (χ1v) is 11.1. The van der Waals surface area contributed by atoms with E-state index in [0.717, 1.165) is 5.56 Å². The molecule has 0 aromatic heterocycles. The van der Waals surface area contributed by atoms with E-state index in [1.807, 2.05) is 44.2 Å². The molecule has 176 valence electrons. The number of benzene rings is 1. The van der Waals surface area contributed by atoms with Gasteiger partial charge in [-0.3, -0.25) is 19.2 Å². The van der Waals surface area contributed by atoms with Gasteiger partial charge in [-0.15, -0.1) is 0 Å². The number of nitrogens with one attached hydrogen (secondary N) is 2. The second kappa shape index (κ2) is 11.6. The Morgan fingerprint density at radius 3 is 2.41 bits per heavy atom. The average molecular weight is 447 g/mol. The second-order valence-corrected chi connectivity index (χ2v) is 8.43. The molecule has 1 fully saturated rings. The number of hydrogen-bond acceptors (Lipinski definition) is 5. The highest BCUT2D eigenvalue weighted by molar-refractivity contribution is 5.94. The topological polar surface area (TPSA) is 142 Å². The minimum atomic E-state index is -1.16. The number of amides is 3. The van der Waals surface area contributed by atoms with Gasteiger partial charge in [0.1, 0.15) is 18.1 Å². The first kappa shape index (κ1) is 25.3. The van der Waals surface area contributed by atoms with E-state index in [0.29, 0.717) is 32.2 Å². The van der Waals surface area contributed by atoms with E-state index in [4.69, 9.17) is 10.8 Å². The molecule has 1 heterocycles.